The molecule has 0 aliphatic carbocycles. The lowest BCUT2D eigenvalue weighted by molar-refractivity contribution is -0.120. The molecule has 0 bridgehead atoms. The molecule has 2 aliphatic heterocycles. The molecule has 1 N–H and O–H groups in total. The third-order valence-corrected chi connectivity index (χ3v) is 6.08. The van der Waals surface area contributed by atoms with Crippen molar-refractivity contribution in [3.63, 3.8) is 0 Å². The molecule has 164 valence electrons. The van der Waals surface area contributed by atoms with E-state index in [4.69, 9.17) is 4.74 Å². The van der Waals surface area contributed by atoms with Crippen LogP contribution in [0.2, 0.25) is 0 Å². The lowest BCUT2D eigenvalue weighted by atomic mass is 9.95. The molecular formula is C23H29N5O3. The van der Waals surface area contributed by atoms with Gasteiger partial charge in [-0.2, -0.15) is 0 Å². The average molecular weight is 424 g/mol. The highest BCUT2D eigenvalue weighted by molar-refractivity contribution is 5.94. The average Bonchev–Trinajstić information content (AvgIpc) is 2.84. The molecule has 1 amide bonds. The van der Waals surface area contributed by atoms with Crippen molar-refractivity contribution in [2.24, 2.45) is 5.92 Å². The van der Waals surface area contributed by atoms with Gasteiger partial charge in [0, 0.05) is 43.9 Å². The normalized spacial score (nSPS) is 17.3. The van der Waals surface area contributed by atoms with E-state index >= 15 is 0 Å². The van der Waals surface area contributed by atoms with Gasteiger partial charge >= 0.3 is 5.97 Å². The second-order valence-electron chi connectivity index (χ2n) is 8.10. The number of ether oxygens (including phenoxy) is 1. The minimum atomic E-state index is -0.390. The number of piperidine rings is 2. The smallest absolute Gasteiger partial charge is 0.337 e. The van der Waals surface area contributed by atoms with Crippen molar-refractivity contribution in [1.29, 1.82) is 0 Å². The third-order valence-electron chi connectivity index (χ3n) is 6.08. The fourth-order valence-electron chi connectivity index (χ4n) is 4.23. The summed E-state index contributed by atoms with van der Waals surface area (Å²) >= 11 is 0. The molecule has 8 nitrogen and oxygen atoms in total. The van der Waals surface area contributed by atoms with Crippen molar-refractivity contribution in [3.05, 3.63) is 42.2 Å². The Kier molecular flexibility index (Phi) is 6.64. The zero-order valence-corrected chi connectivity index (χ0v) is 17.9. The van der Waals surface area contributed by atoms with Gasteiger partial charge in [0.25, 0.3) is 0 Å². The SMILES string of the molecule is COC(=O)c1ccc(NC(=O)C2CCN(c3cc(N4CCCCC4)ncn3)CC2)cc1. The summed E-state index contributed by atoms with van der Waals surface area (Å²) in [7, 11) is 1.35. The number of anilines is 3. The Morgan fingerprint density at radius 2 is 1.55 bits per heavy atom. The molecule has 8 heteroatoms. The molecule has 0 atom stereocenters. The molecule has 0 spiro atoms. The molecule has 3 heterocycles. The minimum Gasteiger partial charge on any atom is -0.465 e. The van der Waals surface area contributed by atoms with Gasteiger partial charge in [-0.15, -0.1) is 0 Å². The van der Waals surface area contributed by atoms with Crippen LogP contribution in [0.25, 0.3) is 0 Å². The van der Waals surface area contributed by atoms with Gasteiger partial charge in [0.2, 0.25) is 5.91 Å². The molecular weight excluding hydrogens is 394 g/mol. The van der Waals surface area contributed by atoms with Gasteiger partial charge in [-0.25, -0.2) is 14.8 Å². The van der Waals surface area contributed by atoms with Crippen LogP contribution in [0.5, 0.6) is 0 Å². The zero-order valence-electron chi connectivity index (χ0n) is 17.9. The van der Waals surface area contributed by atoms with Crippen LogP contribution in [-0.2, 0) is 9.53 Å². The van der Waals surface area contributed by atoms with E-state index in [1.54, 1.807) is 30.6 Å². The van der Waals surface area contributed by atoms with E-state index in [-0.39, 0.29) is 11.8 Å². The minimum absolute atomic E-state index is 0.0159. The molecule has 0 radical (unpaired) electrons. The lowest BCUT2D eigenvalue weighted by Gasteiger charge is -2.33. The Hall–Kier alpha value is -3.16. The highest BCUT2D eigenvalue weighted by Gasteiger charge is 2.26. The number of hydrogen-bond acceptors (Lipinski definition) is 7. The summed E-state index contributed by atoms with van der Waals surface area (Å²) in [4.78, 5) is 37.7. The maximum atomic E-state index is 12.7. The Morgan fingerprint density at radius 1 is 0.935 bits per heavy atom. The van der Waals surface area contributed by atoms with Gasteiger partial charge < -0.3 is 19.9 Å². The van der Waals surface area contributed by atoms with Crippen molar-refractivity contribution < 1.29 is 14.3 Å². The monoisotopic (exact) mass is 423 g/mol. The maximum Gasteiger partial charge on any atom is 0.337 e. The van der Waals surface area contributed by atoms with Crippen LogP contribution in [0.15, 0.2) is 36.7 Å². The van der Waals surface area contributed by atoms with Crippen LogP contribution in [0, 0.1) is 5.92 Å². The summed E-state index contributed by atoms with van der Waals surface area (Å²) in [6, 6.07) is 8.83. The maximum absolute atomic E-state index is 12.7. The van der Waals surface area contributed by atoms with E-state index in [9.17, 15) is 9.59 Å². The molecule has 2 aliphatic rings. The third kappa shape index (κ3) is 5.13. The van der Waals surface area contributed by atoms with Crippen LogP contribution in [0.1, 0.15) is 42.5 Å². The van der Waals surface area contributed by atoms with Crippen LogP contribution >= 0.6 is 0 Å². The Balaban J connectivity index is 1.31. The number of carbonyl (C=O) groups excluding carboxylic acids is 2. The van der Waals surface area contributed by atoms with E-state index in [1.807, 2.05) is 0 Å². The van der Waals surface area contributed by atoms with Crippen molar-refractivity contribution in [3.8, 4) is 0 Å². The Labute approximate surface area is 182 Å². The molecule has 2 aromatic rings. The first-order valence-electron chi connectivity index (χ1n) is 11.0. The lowest BCUT2D eigenvalue weighted by Crippen LogP contribution is -2.39. The number of nitrogens with zero attached hydrogens (tertiary/aromatic N) is 4. The van der Waals surface area contributed by atoms with Gasteiger partial charge in [0.1, 0.15) is 18.0 Å². The van der Waals surface area contributed by atoms with Crippen molar-refractivity contribution >= 4 is 29.2 Å². The molecule has 1 aromatic heterocycles. The van der Waals surface area contributed by atoms with Crippen LogP contribution in [0.3, 0.4) is 0 Å². The summed E-state index contributed by atoms with van der Waals surface area (Å²) < 4.78 is 4.70. The Morgan fingerprint density at radius 3 is 2.16 bits per heavy atom. The van der Waals surface area contributed by atoms with Gasteiger partial charge in [-0.1, -0.05) is 0 Å². The number of aromatic nitrogens is 2. The second-order valence-corrected chi connectivity index (χ2v) is 8.10. The molecule has 0 unspecified atom stereocenters. The summed E-state index contributed by atoms with van der Waals surface area (Å²) in [5.74, 6) is 1.52. The number of esters is 1. The van der Waals surface area contributed by atoms with Gasteiger partial charge in [0.15, 0.2) is 0 Å². The number of amides is 1. The summed E-state index contributed by atoms with van der Waals surface area (Å²) in [6.45, 7) is 3.68. The van der Waals surface area contributed by atoms with E-state index in [0.717, 1.165) is 50.7 Å². The number of hydrogen-bond donors (Lipinski definition) is 1. The van der Waals surface area contributed by atoms with E-state index in [1.165, 1.54) is 26.4 Å². The predicted molar refractivity (Wildman–Crippen MR) is 119 cm³/mol. The highest BCUT2D eigenvalue weighted by Crippen LogP contribution is 2.26. The molecule has 2 saturated heterocycles. The van der Waals surface area contributed by atoms with E-state index in [0.29, 0.717) is 11.3 Å². The Bertz CT molecular complexity index is 904. The fourth-order valence-corrected chi connectivity index (χ4v) is 4.23. The molecule has 2 fully saturated rings. The summed E-state index contributed by atoms with van der Waals surface area (Å²) in [5.41, 5.74) is 1.14. The number of nitrogens with one attached hydrogen (secondary N) is 1. The predicted octanol–water partition coefficient (Wildman–Crippen LogP) is 3.11. The molecule has 1 aromatic carbocycles. The van der Waals surface area contributed by atoms with Gasteiger partial charge in [-0.05, 0) is 56.4 Å². The summed E-state index contributed by atoms with van der Waals surface area (Å²) in [5, 5.41) is 2.96. The number of rotatable bonds is 5. The largest absolute Gasteiger partial charge is 0.465 e. The molecule has 31 heavy (non-hydrogen) atoms. The van der Waals surface area contributed by atoms with E-state index in [2.05, 4.69) is 31.2 Å². The fraction of sp³-hybridized carbons (Fsp3) is 0.478. The second kappa shape index (κ2) is 9.76. The highest BCUT2D eigenvalue weighted by atomic mass is 16.5. The van der Waals surface area contributed by atoms with E-state index < -0.39 is 5.97 Å². The first-order valence-corrected chi connectivity index (χ1v) is 11.0. The van der Waals surface area contributed by atoms with Crippen LogP contribution in [0.4, 0.5) is 17.3 Å². The summed E-state index contributed by atoms with van der Waals surface area (Å²) in [6.07, 6.45) is 6.91. The zero-order chi connectivity index (χ0) is 21.6. The first-order chi connectivity index (χ1) is 15.1. The first kappa shape index (κ1) is 21.1. The topological polar surface area (TPSA) is 87.7 Å². The van der Waals surface area contributed by atoms with Crippen molar-refractivity contribution in [2.45, 2.75) is 32.1 Å². The number of methoxy groups -OCH3 is 1. The molecule has 0 saturated carbocycles. The van der Waals surface area contributed by atoms with Crippen LogP contribution < -0.4 is 15.1 Å². The van der Waals surface area contributed by atoms with Crippen molar-refractivity contribution in [2.75, 3.05) is 48.4 Å². The quantitative estimate of drug-likeness (QED) is 0.740. The standard InChI is InChI=1S/C23H29N5O3/c1-31-23(30)18-5-7-19(8-6-18)26-22(29)17-9-13-28(14-10-17)21-15-20(24-16-25-21)27-11-3-2-4-12-27/h5-8,15-17H,2-4,9-14H2,1H3,(H,26,29). The number of benzene rings is 1. The van der Waals surface area contributed by atoms with Crippen LogP contribution in [-0.4, -0.2) is 55.1 Å². The molecule has 4 rings (SSSR count). The number of carbonyl (C=O) groups is 2. The van der Waals surface area contributed by atoms with Gasteiger partial charge in [0.05, 0.1) is 12.7 Å². The van der Waals surface area contributed by atoms with Gasteiger partial charge in [-0.3, -0.25) is 4.79 Å². The van der Waals surface area contributed by atoms with Crippen molar-refractivity contribution in [1.82, 2.24) is 9.97 Å².